The molecular formula is C16H15N5. The minimum Gasteiger partial charge on any atom is -0.383 e. The summed E-state index contributed by atoms with van der Waals surface area (Å²) in [7, 11) is 0. The fourth-order valence-electron chi connectivity index (χ4n) is 2.48. The third-order valence-corrected chi connectivity index (χ3v) is 3.89. The van der Waals surface area contributed by atoms with Crippen LogP contribution < -0.4 is 5.73 Å². The van der Waals surface area contributed by atoms with Crippen molar-refractivity contribution in [1.82, 2.24) is 9.78 Å². The van der Waals surface area contributed by atoms with Crippen molar-refractivity contribution in [2.75, 3.05) is 5.73 Å². The van der Waals surface area contributed by atoms with Gasteiger partial charge in [-0.3, -0.25) is 0 Å². The number of nitrogens with zero attached hydrogens (tertiary/aromatic N) is 4. The van der Waals surface area contributed by atoms with E-state index in [1.807, 2.05) is 19.1 Å². The van der Waals surface area contributed by atoms with Gasteiger partial charge in [0.15, 0.2) is 0 Å². The van der Waals surface area contributed by atoms with Crippen LogP contribution in [0.3, 0.4) is 0 Å². The largest absolute Gasteiger partial charge is 0.383 e. The van der Waals surface area contributed by atoms with Crippen LogP contribution in [0.2, 0.25) is 0 Å². The van der Waals surface area contributed by atoms with Gasteiger partial charge in [-0.05, 0) is 43.0 Å². The number of benzene rings is 1. The molecule has 1 saturated carbocycles. The Bertz CT molecular complexity index is 784. The Kier molecular flexibility index (Phi) is 3.12. The van der Waals surface area contributed by atoms with Crippen molar-refractivity contribution in [3.05, 3.63) is 46.1 Å². The fourth-order valence-corrected chi connectivity index (χ4v) is 2.48. The average Bonchev–Trinajstić information content (AvgIpc) is 3.27. The quantitative estimate of drug-likeness (QED) is 0.932. The van der Waals surface area contributed by atoms with Crippen molar-refractivity contribution in [2.45, 2.75) is 32.2 Å². The topological polar surface area (TPSA) is 91.4 Å². The molecule has 21 heavy (non-hydrogen) atoms. The van der Waals surface area contributed by atoms with Crippen molar-refractivity contribution < 1.29 is 0 Å². The summed E-state index contributed by atoms with van der Waals surface area (Å²) in [4.78, 5) is 0. The summed E-state index contributed by atoms with van der Waals surface area (Å²) in [5, 5.41) is 22.7. The minimum atomic E-state index is 0.394. The molecule has 0 unspecified atom stereocenters. The molecule has 0 bridgehead atoms. The molecule has 0 amide bonds. The second-order valence-electron chi connectivity index (χ2n) is 5.44. The van der Waals surface area contributed by atoms with Crippen molar-refractivity contribution in [3.63, 3.8) is 0 Å². The van der Waals surface area contributed by atoms with Gasteiger partial charge in [0.2, 0.25) is 0 Å². The highest BCUT2D eigenvalue weighted by Gasteiger charge is 2.31. The van der Waals surface area contributed by atoms with E-state index >= 15 is 0 Å². The van der Waals surface area contributed by atoms with Gasteiger partial charge >= 0.3 is 0 Å². The second kappa shape index (κ2) is 4.96. The van der Waals surface area contributed by atoms with Gasteiger partial charge in [0.1, 0.15) is 17.5 Å². The highest BCUT2D eigenvalue weighted by atomic mass is 15.3. The first-order chi connectivity index (χ1) is 10.1. The number of aryl methyl sites for hydroxylation is 1. The molecule has 5 nitrogen and oxygen atoms in total. The van der Waals surface area contributed by atoms with Gasteiger partial charge in [-0.2, -0.15) is 15.6 Å². The maximum absolute atomic E-state index is 9.26. The van der Waals surface area contributed by atoms with Crippen LogP contribution in [0.5, 0.6) is 0 Å². The van der Waals surface area contributed by atoms with Gasteiger partial charge in [-0.1, -0.05) is 6.07 Å². The summed E-state index contributed by atoms with van der Waals surface area (Å²) in [5.41, 5.74) is 10.1. The third kappa shape index (κ3) is 2.34. The summed E-state index contributed by atoms with van der Waals surface area (Å²) < 4.78 is 1.70. The normalized spacial score (nSPS) is 13.7. The SMILES string of the molecule is Cc1cc(C#N)ccc1Cn1nc(C2CC2)c(C#N)c1N. The number of rotatable bonds is 3. The molecule has 0 radical (unpaired) electrons. The lowest BCUT2D eigenvalue weighted by atomic mass is 10.1. The molecule has 1 fully saturated rings. The zero-order valence-corrected chi connectivity index (χ0v) is 11.8. The number of aromatic nitrogens is 2. The van der Waals surface area contributed by atoms with Crippen molar-refractivity contribution in [3.8, 4) is 12.1 Å². The third-order valence-electron chi connectivity index (χ3n) is 3.89. The zero-order valence-electron chi connectivity index (χ0n) is 11.8. The number of nitrogens with two attached hydrogens (primary N) is 1. The van der Waals surface area contributed by atoms with Crippen LogP contribution in [-0.2, 0) is 6.54 Å². The van der Waals surface area contributed by atoms with E-state index < -0.39 is 0 Å². The van der Waals surface area contributed by atoms with E-state index in [0.717, 1.165) is 29.7 Å². The first kappa shape index (κ1) is 13.2. The molecule has 2 N–H and O–H groups in total. The number of nitriles is 2. The lowest BCUT2D eigenvalue weighted by molar-refractivity contribution is 0.679. The maximum Gasteiger partial charge on any atom is 0.140 e. The summed E-state index contributed by atoms with van der Waals surface area (Å²) in [6.45, 7) is 2.48. The number of anilines is 1. The lowest BCUT2D eigenvalue weighted by Crippen LogP contribution is -2.07. The molecule has 0 aliphatic heterocycles. The Hall–Kier alpha value is -2.79. The summed E-state index contributed by atoms with van der Waals surface area (Å²) in [5.74, 6) is 0.827. The van der Waals surface area contributed by atoms with Crippen LogP contribution >= 0.6 is 0 Å². The molecule has 0 atom stereocenters. The van der Waals surface area contributed by atoms with Gasteiger partial charge < -0.3 is 5.73 Å². The van der Waals surface area contributed by atoms with Crippen LogP contribution in [0, 0.1) is 29.6 Å². The zero-order chi connectivity index (χ0) is 15.0. The van der Waals surface area contributed by atoms with Crippen molar-refractivity contribution in [1.29, 1.82) is 10.5 Å². The molecule has 0 spiro atoms. The molecular weight excluding hydrogens is 262 g/mol. The lowest BCUT2D eigenvalue weighted by Gasteiger charge is -2.08. The first-order valence-electron chi connectivity index (χ1n) is 6.90. The molecule has 1 aromatic carbocycles. The van der Waals surface area contributed by atoms with Gasteiger partial charge in [0.25, 0.3) is 0 Å². The van der Waals surface area contributed by atoms with Gasteiger partial charge in [-0.25, -0.2) is 4.68 Å². The van der Waals surface area contributed by atoms with E-state index in [-0.39, 0.29) is 0 Å². The summed E-state index contributed by atoms with van der Waals surface area (Å²) >= 11 is 0. The molecule has 0 saturated heterocycles. The van der Waals surface area contributed by atoms with E-state index in [0.29, 0.717) is 29.4 Å². The molecule has 3 rings (SSSR count). The highest BCUT2D eigenvalue weighted by Crippen LogP contribution is 2.42. The number of hydrogen-bond donors (Lipinski definition) is 1. The Morgan fingerprint density at radius 1 is 1.33 bits per heavy atom. The predicted molar refractivity (Wildman–Crippen MR) is 78.3 cm³/mol. The first-order valence-corrected chi connectivity index (χ1v) is 6.90. The van der Waals surface area contributed by atoms with Crippen molar-refractivity contribution >= 4 is 5.82 Å². The molecule has 1 heterocycles. The molecule has 1 aliphatic carbocycles. The van der Waals surface area contributed by atoms with Gasteiger partial charge in [0, 0.05) is 5.92 Å². The van der Waals surface area contributed by atoms with E-state index in [1.165, 1.54) is 0 Å². The van der Waals surface area contributed by atoms with Crippen LogP contribution in [-0.4, -0.2) is 9.78 Å². The second-order valence-corrected chi connectivity index (χ2v) is 5.44. The van der Waals surface area contributed by atoms with Crippen LogP contribution in [0.1, 0.15) is 46.7 Å². The average molecular weight is 277 g/mol. The van der Waals surface area contributed by atoms with Crippen LogP contribution in [0.4, 0.5) is 5.82 Å². The standard InChI is InChI=1S/C16H15N5/c1-10-6-11(7-17)2-3-13(10)9-21-16(19)14(8-18)15(20-21)12-4-5-12/h2-3,6,12H,4-5,9,19H2,1H3. The minimum absolute atomic E-state index is 0.394. The Labute approximate surface area is 123 Å². The van der Waals surface area contributed by atoms with E-state index in [1.54, 1.807) is 10.7 Å². The molecule has 104 valence electrons. The maximum atomic E-state index is 9.26. The summed E-state index contributed by atoms with van der Waals surface area (Å²) in [6, 6.07) is 9.85. The van der Waals surface area contributed by atoms with Crippen LogP contribution in [0.25, 0.3) is 0 Å². The molecule has 2 aromatic rings. The Balaban J connectivity index is 1.96. The van der Waals surface area contributed by atoms with E-state index in [9.17, 15) is 5.26 Å². The number of nitrogen functional groups attached to an aromatic ring is 1. The predicted octanol–water partition coefficient (Wildman–Crippen LogP) is 2.44. The highest BCUT2D eigenvalue weighted by molar-refractivity contribution is 5.54. The summed E-state index contributed by atoms with van der Waals surface area (Å²) in [6.07, 6.45) is 2.17. The van der Waals surface area contributed by atoms with Crippen molar-refractivity contribution in [2.24, 2.45) is 0 Å². The molecule has 5 heteroatoms. The number of hydrogen-bond acceptors (Lipinski definition) is 4. The van der Waals surface area contributed by atoms with Gasteiger partial charge in [-0.15, -0.1) is 0 Å². The van der Waals surface area contributed by atoms with E-state index in [4.69, 9.17) is 11.0 Å². The smallest absolute Gasteiger partial charge is 0.140 e. The van der Waals surface area contributed by atoms with E-state index in [2.05, 4.69) is 17.2 Å². The van der Waals surface area contributed by atoms with Crippen LogP contribution in [0.15, 0.2) is 18.2 Å². The Morgan fingerprint density at radius 2 is 2.10 bits per heavy atom. The molecule has 1 aliphatic rings. The molecule has 1 aromatic heterocycles. The monoisotopic (exact) mass is 277 g/mol. The Morgan fingerprint density at radius 3 is 2.67 bits per heavy atom. The fraction of sp³-hybridized carbons (Fsp3) is 0.312. The van der Waals surface area contributed by atoms with Gasteiger partial charge in [0.05, 0.1) is 23.9 Å².